The molecular weight excluding hydrogens is 566 g/mol. The van der Waals surface area contributed by atoms with Gasteiger partial charge in [0.15, 0.2) is 10.8 Å². The van der Waals surface area contributed by atoms with E-state index < -0.39 is 70.0 Å². The second-order valence-corrected chi connectivity index (χ2v) is 10.9. The number of imide groups is 2. The average molecular weight is 590 g/mol. The zero-order chi connectivity index (χ0) is 29.3. The Morgan fingerprint density at radius 1 is 1.18 bits per heavy atom. The van der Waals surface area contributed by atoms with E-state index in [1.165, 1.54) is 40.6 Å². The highest BCUT2D eigenvalue weighted by Gasteiger charge is 2.44. The third-order valence-corrected chi connectivity index (χ3v) is 6.81. The maximum Gasteiger partial charge on any atom is 0.350 e. The summed E-state index contributed by atoms with van der Waals surface area (Å²) in [6, 6.07) is -4.77. The van der Waals surface area contributed by atoms with Crippen molar-refractivity contribution in [3.05, 3.63) is 11.1 Å². The summed E-state index contributed by atoms with van der Waals surface area (Å²) >= 11 is 0.946. The Balaban J connectivity index is 1.61. The molecule has 0 unspecified atom stereocenters. The Morgan fingerprint density at radius 2 is 1.79 bits per heavy atom. The zero-order valence-electron chi connectivity index (χ0n) is 20.5. The van der Waals surface area contributed by atoms with Gasteiger partial charge in [0.1, 0.15) is 11.7 Å². The van der Waals surface area contributed by atoms with Gasteiger partial charge in [-0.3, -0.25) is 14.5 Å². The molecule has 0 radical (unpaired) electrons. The van der Waals surface area contributed by atoms with Gasteiger partial charge in [-0.2, -0.15) is 8.42 Å². The lowest BCUT2D eigenvalue weighted by Gasteiger charge is -2.36. The number of carboxylic acid groups (broad SMARTS) is 1. The molecule has 0 aliphatic carbocycles. The van der Waals surface area contributed by atoms with E-state index in [0.29, 0.717) is 9.80 Å². The lowest BCUT2D eigenvalue weighted by atomic mass is 10.1. The summed E-state index contributed by atoms with van der Waals surface area (Å²) in [4.78, 5) is 83.7. The molecule has 2 aliphatic heterocycles. The molecule has 1 atom stereocenters. The Labute approximate surface area is 224 Å². The van der Waals surface area contributed by atoms with Gasteiger partial charge in [0.05, 0.1) is 6.54 Å². The Kier molecular flexibility index (Phi) is 7.95. The number of anilines is 1. The molecule has 0 aromatic carbocycles. The number of hydrogen-bond donors (Lipinski definition) is 5. The number of likely N-dealkylation sites (tertiary alicyclic amines) is 1. The number of nitrogens with one attached hydrogen (secondary N) is 3. The molecule has 39 heavy (non-hydrogen) atoms. The van der Waals surface area contributed by atoms with Gasteiger partial charge in [-0.1, -0.05) is 5.16 Å². The van der Waals surface area contributed by atoms with Crippen molar-refractivity contribution in [2.45, 2.75) is 25.5 Å². The lowest BCUT2D eigenvalue weighted by molar-refractivity contribution is -0.161. The number of amides is 8. The second-order valence-electron chi connectivity index (χ2n) is 8.57. The number of β-lactam (4-membered cyclic amide) rings is 1. The predicted molar refractivity (Wildman–Crippen MR) is 130 cm³/mol. The number of nitrogens with zero attached hydrogens (tertiary/aromatic N) is 5. The molecule has 212 valence electrons. The highest BCUT2D eigenvalue weighted by atomic mass is 32.2. The summed E-state index contributed by atoms with van der Waals surface area (Å²) in [6.45, 7) is 1.98. The minimum absolute atomic E-state index is 0.0555. The first-order chi connectivity index (χ1) is 18.0. The smallest absolute Gasteiger partial charge is 0.350 e. The molecule has 1 aromatic rings. The highest BCUT2D eigenvalue weighted by molar-refractivity contribution is 7.88. The van der Waals surface area contributed by atoms with Gasteiger partial charge in [-0.15, -0.1) is 11.3 Å². The predicted octanol–water partition coefficient (Wildman–Crippen LogP) is -2.33. The number of hydrogen-bond acceptors (Lipinski definition) is 13. The number of urea groups is 3. The Hall–Kier alpha value is -4.53. The van der Waals surface area contributed by atoms with Crippen LogP contribution in [0.1, 0.15) is 19.5 Å². The van der Waals surface area contributed by atoms with Crippen molar-refractivity contribution < 1.29 is 47.1 Å². The quantitative estimate of drug-likeness (QED) is 0.121. The number of thiazole rings is 1. The summed E-state index contributed by atoms with van der Waals surface area (Å²) in [5.41, 5.74) is 3.15. The summed E-state index contributed by atoms with van der Waals surface area (Å²) < 4.78 is 27.2. The van der Waals surface area contributed by atoms with Crippen molar-refractivity contribution >= 4 is 68.3 Å². The fourth-order valence-corrected chi connectivity index (χ4v) is 4.22. The van der Waals surface area contributed by atoms with Crippen LogP contribution in [0.2, 0.25) is 0 Å². The fraction of sp³-hybridized carbons (Fsp3) is 0.444. The third kappa shape index (κ3) is 6.49. The van der Waals surface area contributed by atoms with Crippen molar-refractivity contribution in [3.8, 4) is 0 Å². The van der Waals surface area contributed by atoms with Crippen molar-refractivity contribution in [2.24, 2.45) is 5.16 Å². The molecule has 2 fully saturated rings. The average Bonchev–Trinajstić information content (AvgIpc) is 3.40. The van der Waals surface area contributed by atoms with Crippen LogP contribution in [0.5, 0.6) is 0 Å². The molecule has 3 heterocycles. The lowest BCUT2D eigenvalue weighted by Crippen LogP contribution is -2.68. The van der Waals surface area contributed by atoms with Gasteiger partial charge in [-0.05, 0) is 13.8 Å². The van der Waals surface area contributed by atoms with Crippen LogP contribution in [0.25, 0.3) is 0 Å². The van der Waals surface area contributed by atoms with E-state index in [-0.39, 0.29) is 23.9 Å². The topological polar surface area (TPSA) is 263 Å². The van der Waals surface area contributed by atoms with E-state index >= 15 is 0 Å². The van der Waals surface area contributed by atoms with Crippen LogP contribution in [0.4, 0.5) is 19.5 Å². The molecule has 1 aromatic heterocycles. The number of carbonyl (C=O) groups excluding carboxylic acids is 5. The van der Waals surface area contributed by atoms with E-state index in [2.05, 4.69) is 15.5 Å². The van der Waals surface area contributed by atoms with Gasteiger partial charge < -0.3 is 25.9 Å². The first-order valence-electron chi connectivity index (χ1n) is 10.8. The molecule has 3 rings (SSSR count). The maximum atomic E-state index is 12.8. The van der Waals surface area contributed by atoms with E-state index in [1.54, 1.807) is 0 Å². The number of carbonyl (C=O) groups is 6. The first kappa shape index (κ1) is 29.0. The van der Waals surface area contributed by atoms with Crippen LogP contribution in [0.3, 0.4) is 0 Å². The highest BCUT2D eigenvalue weighted by Crippen LogP contribution is 2.17. The SMILES string of the molecule is CN1CCN(C(=O)NS(=O)(=O)NC(=O)N2C[C@H](NC(=O)C(=NOC(C)(C)C(=O)O)c3csc(N)n3)C2=O)C1=O. The van der Waals surface area contributed by atoms with Gasteiger partial charge in [0.25, 0.3) is 11.8 Å². The van der Waals surface area contributed by atoms with Crippen LogP contribution < -0.4 is 20.5 Å². The fourth-order valence-electron chi connectivity index (χ4n) is 2.94. The zero-order valence-corrected chi connectivity index (χ0v) is 22.2. The minimum Gasteiger partial charge on any atom is -0.478 e. The van der Waals surface area contributed by atoms with E-state index in [0.717, 1.165) is 11.3 Å². The van der Waals surface area contributed by atoms with Gasteiger partial charge >= 0.3 is 34.3 Å². The second kappa shape index (κ2) is 10.7. The number of oxime groups is 1. The van der Waals surface area contributed by atoms with Crippen molar-refractivity contribution in [1.29, 1.82) is 0 Å². The summed E-state index contributed by atoms with van der Waals surface area (Å²) in [5, 5.41) is 16.4. The number of nitrogen functional groups attached to an aromatic ring is 1. The first-order valence-corrected chi connectivity index (χ1v) is 13.1. The van der Waals surface area contributed by atoms with Crippen LogP contribution in [0.15, 0.2) is 10.5 Å². The minimum atomic E-state index is -4.81. The number of rotatable bonds is 8. The summed E-state index contributed by atoms with van der Waals surface area (Å²) in [5.74, 6) is -3.42. The number of nitrogens with two attached hydrogens (primary N) is 1. The molecule has 6 N–H and O–H groups in total. The Bertz CT molecular complexity index is 1370. The van der Waals surface area contributed by atoms with Crippen LogP contribution in [0, 0.1) is 0 Å². The molecule has 21 heteroatoms. The van der Waals surface area contributed by atoms with Crippen molar-refractivity contribution in [1.82, 2.24) is 34.4 Å². The van der Waals surface area contributed by atoms with Gasteiger partial charge in [0.2, 0.25) is 5.60 Å². The van der Waals surface area contributed by atoms with E-state index in [1.807, 2.05) is 0 Å². The standard InChI is InChI=1S/C18H23N9O10S2/c1-18(2,13(30)31)37-22-10(9-7-38-14(19)21-9)11(28)20-8-6-27(12(8)29)16(33)24-39(35,36)23-15(32)26-5-4-25(3)17(26)34/h7-8H,4-6H2,1-3H3,(H2,19,21)(H,20,28)(H,23,32)(H,24,33)(H,30,31)/t8-/m0/s1. The number of likely N-dealkylation sites (N-methyl/N-ethyl adjacent to an activating group) is 1. The molecule has 2 aliphatic rings. The summed E-state index contributed by atoms with van der Waals surface area (Å²) in [6.07, 6.45) is 0. The third-order valence-electron chi connectivity index (χ3n) is 5.24. The van der Waals surface area contributed by atoms with Crippen LogP contribution in [-0.4, -0.2) is 113 Å². The molecule has 0 bridgehead atoms. The maximum absolute atomic E-state index is 12.8. The monoisotopic (exact) mass is 589 g/mol. The van der Waals surface area contributed by atoms with Crippen LogP contribution in [-0.2, 0) is 29.4 Å². The Morgan fingerprint density at radius 3 is 2.28 bits per heavy atom. The van der Waals surface area contributed by atoms with Gasteiger partial charge in [-0.25, -0.2) is 38.5 Å². The van der Waals surface area contributed by atoms with Crippen LogP contribution >= 0.6 is 11.3 Å². The molecular formula is C18H23N9O10S2. The van der Waals surface area contributed by atoms with E-state index in [9.17, 15) is 42.3 Å². The van der Waals surface area contributed by atoms with Crippen molar-refractivity contribution in [2.75, 3.05) is 32.4 Å². The summed E-state index contributed by atoms with van der Waals surface area (Å²) in [7, 11) is -3.41. The largest absolute Gasteiger partial charge is 0.478 e. The molecule has 2 saturated heterocycles. The van der Waals surface area contributed by atoms with Gasteiger partial charge in [0, 0.05) is 25.5 Å². The number of aromatic nitrogens is 1. The molecule has 19 nitrogen and oxygen atoms in total. The molecule has 0 saturated carbocycles. The van der Waals surface area contributed by atoms with E-state index in [4.69, 9.17) is 10.6 Å². The number of aliphatic carboxylic acids is 1. The van der Waals surface area contributed by atoms with Crippen molar-refractivity contribution in [3.63, 3.8) is 0 Å². The molecule has 8 amide bonds. The normalized spacial score (nSPS) is 18.0. The molecule has 0 spiro atoms. The number of carboxylic acids is 1.